The molecule has 0 saturated heterocycles. The van der Waals surface area contributed by atoms with E-state index < -0.39 is 33.9 Å². The van der Waals surface area contributed by atoms with Gasteiger partial charge in [0, 0.05) is 6.04 Å². The number of carbonyl (C=O) groups is 1. The molecule has 0 bridgehead atoms. The number of carboxylic acids is 1. The molecule has 1 unspecified atom stereocenters. The molecular weight excluding hydrogens is 279 g/mol. The number of aryl methyl sites for hydroxylation is 1. The van der Waals surface area contributed by atoms with Crippen molar-refractivity contribution in [2.24, 2.45) is 5.41 Å². The maximum Gasteiger partial charge on any atom is 0.305 e. The van der Waals surface area contributed by atoms with E-state index in [1.54, 1.807) is 0 Å². The number of nitrogens with one attached hydrogen (secondary N) is 1. The lowest BCUT2D eigenvalue weighted by Gasteiger charge is -2.31. The number of hydrogen-bond acceptors (Lipinski definition) is 4. The average Bonchev–Trinajstić information content (AvgIpc) is 2.30. The van der Waals surface area contributed by atoms with Crippen LogP contribution in [0.5, 0.6) is 0 Å². The van der Waals surface area contributed by atoms with Crippen LogP contribution in [-0.2, 0) is 4.79 Å². The van der Waals surface area contributed by atoms with Gasteiger partial charge in [0.15, 0.2) is 0 Å². The summed E-state index contributed by atoms with van der Waals surface area (Å²) >= 11 is 0. The summed E-state index contributed by atoms with van der Waals surface area (Å²) in [5, 5.41) is 22.9. The lowest BCUT2D eigenvalue weighted by Crippen LogP contribution is -2.36. The van der Waals surface area contributed by atoms with Crippen LogP contribution in [0.25, 0.3) is 0 Å². The molecule has 7 heteroatoms. The monoisotopic (exact) mass is 298 g/mol. The first kappa shape index (κ1) is 16.9. The fraction of sp³-hybridized carbons (Fsp3) is 0.500. The second-order valence-corrected chi connectivity index (χ2v) is 6.04. The molecule has 0 aliphatic carbocycles. The number of benzene rings is 1. The van der Waals surface area contributed by atoms with Crippen molar-refractivity contribution >= 4 is 17.3 Å². The Labute approximate surface area is 122 Å². The third kappa shape index (κ3) is 4.40. The van der Waals surface area contributed by atoms with Gasteiger partial charge in [0.05, 0.1) is 17.4 Å². The van der Waals surface area contributed by atoms with Crippen LogP contribution in [-0.4, -0.2) is 22.0 Å². The number of hydrogen-bond donors (Lipinski definition) is 2. The normalized spacial score (nSPS) is 12.8. The van der Waals surface area contributed by atoms with Crippen LogP contribution >= 0.6 is 0 Å². The Morgan fingerprint density at radius 3 is 2.48 bits per heavy atom. The van der Waals surface area contributed by atoms with Gasteiger partial charge >= 0.3 is 5.97 Å². The summed E-state index contributed by atoms with van der Waals surface area (Å²) < 4.78 is 13.5. The summed E-state index contributed by atoms with van der Waals surface area (Å²) in [6.45, 7) is 6.98. The van der Waals surface area contributed by atoms with E-state index in [-0.39, 0.29) is 17.7 Å². The van der Waals surface area contributed by atoms with E-state index in [1.165, 1.54) is 13.0 Å². The van der Waals surface area contributed by atoms with E-state index in [2.05, 4.69) is 5.32 Å². The Bertz CT molecular complexity index is 567. The van der Waals surface area contributed by atoms with Crippen molar-refractivity contribution < 1.29 is 19.2 Å². The number of nitro benzene ring substituents is 1. The fourth-order valence-corrected chi connectivity index (χ4v) is 1.87. The summed E-state index contributed by atoms with van der Waals surface area (Å²) in [5.74, 6) is -1.68. The number of nitro groups is 1. The Morgan fingerprint density at radius 1 is 1.48 bits per heavy atom. The van der Waals surface area contributed by atoms with Crippen molar-refractivity contribution in [1.82, 2.24) is 0 Å². The topological polar surface area (TPSA) is 92.5 Å². The minimum Gasteiger partial charge on any atom is -0.481 e. The molecule has 0 aliphatic rings. The van der Waals surface area contributed by atoms with E-state index in [1.807, 2.05) is 20.8 Å². The van der Waals surface area contributed by atoms with Crippen LogP contribution in [0.1, 0.15) is 32.8 Å². The van der Waals surface area contributed by atoms with Gasteiger partial charge in [-0.15, -0.1) is 0 Å². The van der Waals surface area contributed by atoms with Gasteiger partial charge in [0.1, 0.15) is 11.5 Å². The van der Waals surface area contributed by atoms with Crippen LogP contribution in [0.2, 0.25) is 0 Å². The third-order valence-electron chi connectivity index (χ3n) is 3.23. The second kappa shape index (κ2) is 6.07. The van der Waals surface area contributed by atoms with Gasteiger partial charge in [-0.05, 0) is 24.0 Å². The first-order chi connectivity index (χ1) is 9.52. The minimum atomic E-state index is -1.01. The molecule has 0 aromatic heterocycles. The van der Waals surface area contributed by atoms with Crippen molar-refractivity contribution in [3.05, 3.63) is 33.6 Å². The molecule has 21 heavy (non-hydrogen) atoms. The molecule has 0 heterocycles. The van der Waals surface area contributed by atoms with Gasteiger partial charge in [-0.2, -0.15) is 0 Å². The smallest absolute Gasteiger partial charge is 0.305 e. The summed E-state index contributed by atoms with van der Waals surface area (Å²) in [7, 11) is 0. The molecule has 6 nitrogen and oxygen atoms in total. The van der Waals surface area contributed by atoms with Crippen molar-refractivity contribution in [3.63, 3.8) is 0 Å². The van der Waals surface area contributed by atoms with Crippen molar-refractivity contribution in [3.8, 4) is 0 Å². The highest BCUT2D eigenvalue weighted by Crippen LogP contribution is 2.32. The predicted molar refractivity (Wildman–Crippen MR) is 76.9 cm³/mol. The number of anilines is 1. The second-order valence-electron chi connectivity index (χ2n) is 6.04. The van der Waals surface area contributed by atoms with Gasteiger partial charge < -0.3 is 10.4 Å². The number of halogens is 1. The molecule has 0 saturated carbocycles. The first-order valence-electron chi connectivity index (χ1n) is 6.45. The molecule has 0 spiro atoms. The molecule has 2 N–H and O–H groups in total. The minimum absolute atomic E-state index is 0.125. The molecule has 1 aromatic rings. The molecule has 1 rings (SSSR count). The maximum absolute atomic E-state index is 13.5. The number of carboxylic acid groups (broad SMARTS) is 1. The molecule has 0 amide bonds. The molecule has 0 aliphatic heterocycles. The van der Waals surface area contributed by atoms with E-state index in [9.17, 15) is 19.3 Å². The molecule has 1 atom stereocenters. The quantitative estimate of drug-likeness (QED) is 0.642. The SMILES string of the molecule is Cc1cc(NC(CC(=O)O)C(C)(C)C)c([N+](=O)[O-])cc1F. The third-order valence-corrected chi connectivity index (χ3v) is 3.23. The predicted octanol–water partition coefficient (Wildman–Crippen LogP) is 3.34. The molecule has 116 valence electrons. The largest absolute Gasteiger partial charge is 0.481 e. The fourth-order valence-electron chi connectivity index (χ4n) is 1.87. The van der Waals surface area contributed by atoms with Crippen LogP contribution in [0.4, 0.5) is 15.8 Å². The van der Waals surface area contributed by atoms with E-state index >= 15 is 0 Å². The van der Waals surface area contributed by atoms with Gasteiger partial charge in [0.2, 0.25) is 0 Å². The van der Waals surface area contributed by atoms with E-state index in [0.29, 0.717) is 0 Å². The average molecular weight is 298 g/mol. The molecule has 0 fully saturated rings. The zero-order chi connectivity index (χ0) is 16.4. The van der Waals surface area contributed by atoms with Gasteiger partial charge in [-0.25, -0.2) is 4.39 Å². The number of nitrogens with zero attached hydrogens (tertiary/aromatic N) is 1. The highest BCUT2D eigenvalue weighted by atomic mass is 19.1. The standard InChI is InChI=1S/C14H19FN2O4/c1-8-5-10(11(17(20)21)6-9(8)15)16-12(7-13(18)19)14(2,3)4/h5-6,12,16H,7H2,1-4H3,(H,18,19). The van der Waals surface area contributed by atoms with Gasteiger partial charge in [-0.3, -0.25) is 14.9 Å². The Kier molecular flexibility index (Phi) is 4.88. The Balaban J connectivity index is 3.22. The molecule has 1 aromatic carbocycles. The van der Waals surface area contributed by atoms with Crippen molar-refractivity contribution in [1.29, 1.82) is 0 Å². The zero-order valence-electron chi connectivity index (χ0n) is 12.4. The van der Waals surface area contributed by atoms with Gasteiger partial charge in [-0.1, -0.05) is 20.8 Å². The van der Waals surface area contributed by atoms with Gasteiger partial charge in [0.25, 0.3) is 5.69 Å². The Hall–Kier alpha value is -2.18. The first-order valence-corrected chi connectivity index (χ1v) is 6.45. The van der Waals surface area contributed by atoms with Crippen molar-refractivity contribution in [2.45, 2.75) is 40.2 Å². The van der Waals surface area contributed by atoms with Crippen molar-refractivity contribution in [2.75, 3.05) is 5.32 Å². The summed E-state index contributed by atoms with van der Waals surface area (Å²) in [6.07, 6.45) is -0.197. The van der Waals surface area contributed by atoms with Crippen LogP contribution < -0.4 is 5.32 Å². The highest BCUT2D eigenvalue weighted by molar-refractivity contribution is 5.70. The number of aliphatic carboxylic acids is 1. The lowest BCUT2D eigenvalue weighted by atomic mass is 9.84. The lowest BCUT2D eigenvalue weighted by molar-refractivity contribution is -0.384. The summed E-state index contributed by atoms with van der Waals surface area (Å²) in [4.78, 5) is 21.3. The maximum atomic E-state index is 13.5. The van der Waals surface area contributed by atoms with Crippen LogP contribution in [0.3, 0.4) is 0 Å². The summed E-state index contributed by atoms with van der Waals surface area (Å²) in [5.41, 5.74) is -0.460. The zero-order valence-corrected chi connectivity index (χ0v) is 12.4. The highest BCUT2D eigenvalue weighted by Gasteiger charge is 2.29. The molecular formula is C14H19FN2O4. The van der Waals surface area contributed by atoms with Crippen LogP contribution in [0.15, 0.2) is 12.1 Å². The molecule has 0 radical (unpaired) electrons. The number of rotatable bonds is 5. The van der Waals surface area contributed by atoms with Crippen LogP contribution in [0, 0.1) is 28.3 Å². The summed E-state index contributed by atoms with van der Waals surface area (Å²) in [6, 6.07) is 1.64. The Morgan fingerprint density at radius 2 is 2.05 bits per heavy atom. The van der Waals surface area contributed by atoms with E-state index in [0.717, 1.165) is 6.07 Å². The van der Waals surface area contributed by atoms with E-state index in [4.69, 9.17) is 5.11 Å².